The van der Waals surface area contributed by atoms with Crippen LogP contribution in [-0.2, 0) is 0 Å². The molecule has 0 heterocycles. The fourth-order valence-electron chi connectivity index (χ4n) is 1.63. The molecule has 2 aromatic carbocycles. The van der Waals surface area contributed by atoms with Crippen molar-refractivity contribution < 1.29 is 14.6 Å². The number of hydrogen-bond acceptors (Lipinski definition) is 3. The van der Waals surface area contributed by atoms with Crippen LogP contribution in [-0.4, -0.2) is 18.0 Å². The number of ketones is 1. The minimum atomic E-state index is -0.145. The van der Waals surface area contributed by atoms with Gasteiger partial charge in [0.15, 0.2) is 5.78 Å². The fraction of sp³-hybridized carbons (Fsp3) is 0.0714. The quantitative estimate of drug-likeness (QED) is 0.884. The maximum absolute atomic E-state index is 12.3. The Balaban J connectivity index is 2.45. The van der Waals surface area contributed by atoms with Gasteiger partial charge in [0.05, 0.1) is 12.7 Å². The van der Waals surface area contributed by atoms with E-state index in [9.17, 15) is 9.90 Å². The maximum atomic E-state index is 12.3. The molecule has 2 rings (SSSR count). The van der Waals surface area contributed by atoms with Crippen molar-refractivity contribution >= 4 is 21.7 Å². The molecule has 18 heavy (non-hydrogen) atoms. The van der Waals surface area contributed by atoms with Crippen molar-refractivity contribution in [2.45, 2.75) is 0 Å². The van der Waals surface area contributed by atoms with Gasteiger partial charge in [0, 0.05) is 10.0 Å². The summed E-state index contributed by atoms with van der Waals surface area (Å²) in [7, 11) is 1.52. The highest BCUT2D eigenvalue weighted by Crippen LogP contribution is 2.26. The molecular formula is C14H11BrO3. The van der Waals surface area contributed by atoms with Crippen LogP contribution in [0.1, 0.15) is 15.9 Å². The Bertz CT molecular complexity index is 576. The molecule has 0 aromatic heterocycles. The second-order valence-electron chi connectivity index (χ2n) is 3.72. The molecule has 0 amide bonds. The van der Waals surface area contributed by atoms with E-state index >= 15 is 0 Å². The van der Waals surface area contributed by atoms with Crippen LogP contribution in [0.2, 0.25) is 0 Å². The fourth-order valence-corrected chi connectivity index (χ4v) is 1.99. The Morgan fingerprint density at radius 3 is 2.44 bits per heavy atom. The van der Waals surface area contributed by atoms with Gasteiger partial charge >= 0.3 is 0 Å². The van der Waals surface area contributed by atoms with Crippen molar-refractivity contribution in [1.29, 1.82) is 0 Å². The third-order valence-corrected chi connectivity index (χ3v) is 3.03. The van der Waals surface area contributed by atoms with E-state index in [0.29, 0.717) is 16.9 Å². The summed E-state index contributed by atoms with van der Waals surface area (Å²) in [5.74, 6) is 0.511. The van der Waals surface area contributed by atoms with Crippen LogP contribution in [0.15, 0.2) is 46.9 Å². The summed E-state index contributed by atoms with van der Waals surface area (Å²) < 4.78 is 5.99. The maximum Gasteiger partial charge on any atom is 0.196 e. The molecule has 0 unspecified atom stereocenters. The van der Waals surface area contributed by atoms with E-state index in [1.807, 2.05) is 6.07 Å². The predicted molar refractivity (Wildman–Crippen MR) is 72.2 cm³/mol. The van der Waals surface area contributed by atoms with E-state index in [0.717, 1.165) is 4.47 Å². The second kappa shape index (κ2) is 5.23. The zero-order chi connectivity index (χ0) is 13.1. The van der Waals surface area contributed by atoms with E-state index in [1.54, 1.807) is 24.3 Å². The number of phenols is 1. The van der Waals surface area contributed by atoms with Crippen molar-refractivity contribution in [3.63, 3.8) is 0 Å². The predicted octanol–water partition coefficient (Wildman–Crippen LogP) is 3.39. The lowest BCUT2D eigenvalue weighted by Crippen LogP contribution is -2.03. The number of rotatable bonds is 3. The molecule has 0 aliphatic carbocycles. The second-order valence-corrected chi connectivity index (χ2v) is 4.64. The lowest BCUT2D eigenvalue weighted by Gasteiger charge is -2.08. The molecule has 0 bridgehead atoms. The largest absolute Gasteiger partial charge is 0.508 e. The third kappa shape index (κ3) is 2.54. The van der Waals surface area contributed by atoms with E-state index in [-0.39, 0.29) is 11.5 Å². The first-order chi connectivity index (χ1) is 8.61. The summed E-state index contributed by atoms with van der Waals surface area (Å²) in [6.45, 7) is 0. The Morgan fingerprint density at radius 1 is 1.17 bits per heavy atom. The van der Waals surface area contributed by atoms with Crippen LogP contribution in [0.4, 0.5) is 0 Å². The van der Waals surface area contributed by atoms with Gasteiger partial charge in [-0.1, -0.05) is 15.9 Å². The summed E-state index contributed by atoms with van der Waals surface area (Å²) in [6.07, 6.45) is 0. The van der Waals surface area contributed by atoms with E-state index < -0.39 is 0 Å². The lowest BCUT2D eigenvalue weighted by atomic mass is 10.0. The molecule has 92 valence electrons. The van der Waals surface area contributed by atoms with Crippen molar-refractivity contribution in [2.75, 3.05) is 7.11 Å². The zero-order valence-corrected chi connectivity index (χ0v) is 11.3. The number of carbonyl (C=O) groups is 1. The standard InChI is InChI=1S/C14H11BrO3/c1-18-13-7-4-10(15)8-12(13)14(17)9-2-5-11(16)6-3-9/h2-8,16H,1H3. The van der Waals surface area contributed by atoms with Crippen LogP contribution in [0.3, 0.4) is 0 Å². The first-order valence-electron chi connectivity index (χ1n) is 5.29. The van der Waals surface area contributed by atoms with Gasteiger partial charge in [0.25, 0.3) is 0 Å². The summed E-state index contributed by atoms with van der Waals surface area (Å²) in [4.78, 5) is 12.3. The average Bonchev–Trinajstić information content (AvgIpc) is 2.39. The van der Waals surface area contributed by atoms with Gasteiger partial charge in [-0.05, 0) is 42.5 Å². The highest BCUT2D eigenvalue weighted by atomic mass is 79.9. The number of hydrogen-bond donors (Lipinski definition) is 1. The molecule has 0 aliphatic heterocycles. The monoisotopic (exact) mass is 306 g/mol. The van der Waals surface area contributed by atoms with Gasteiger partial charge < -0.3 is 9.84 Å². The first-order valence-corrected chi connectivity index (χ1v) is 6.08. The van der Waals surface area contributed by atoms with Crippen LogP contribution >= 0.6 is 15.9 Å². The Morgan fingerprint density at radius 2 is 1.83 bits per heavy atom. The third-order valence-electron chi connectivity index (χ3n) is 2.54. The van der Waals surface area contributed by atoms with Gasteiger partial charge in [0.2, 0.25) is 0 Å². The van der Waals surface area contributed by atoms with E-state index in [1.165, 1.54) is 19.2 Å². The number of methoxy groups -OCH3 is 1. The van der Waals surface area contributed by atoms with Crippen LogP contribution in [0.5, 0.6) is 11.5 Å². The number of carbonyl (C=O) groups excluding carboxylic acids is 1. The van der Waals surface area contributed by atoms with E-state index in [4.69, 9.17) is 4.74 Å². The van der Waals surface area contributed by atoms with Crippen molar-refractivity contribution in [2.24, 2.45) is 0 Å². The number of benzene rings is 2. The Hall–Kier alpha value is -1.81. The molecule has 0 saturated carbocycles. The zero-order valence-electron chi connectivity index (χ0n) is 9.68. The van der Waals surface area contributed by atoms with Gasteiger partial charge in [0.1, 0.15) is 11.5 Å². The average molecular weight is 307 g/mol. The van der Waals surface area contributed by atoms with Crippen molar-refractivity contribution in [3.05, 3.63) is 58.1 Å². The normalized spacial score (nSPS) is 10.1. The van der Waals surface area contributed by atoms with Crippen LogP contribution in [0.25, 0.3) is 0 Å². The number of halogens is 1. The van der Waals surface area contributed by atoms with Crippen LogP contribution in [0, 0.1) is 0 Å². The van der Waals surface area contributed by atoms with Gasteiger partial charge in [-0.2, -0.15) is 0 Å². The summed E-state index contributed by atoms with van der Waals surface area (Å²) >= 11 is 3.33. The molecule has 1 N–H and O–H groups in total. The lowest BCUT2D eigenvalue weighted by molar-refractivity contribution is 0.103. The highest BCUT2D eigenvalue weighted by Gasteiger charge is 2.14. The molecule has 0 saturated heterocycles. The number of phenolic OH excluding ortho intramolecular Hbond substituents is 1. The topological polar surface area (TPSA) is 46.5 Å². The molecule has 0 atom stereocenters. The highest BCUT2D eigenvalue weighted by molar-refractivity contribution is 9.10. The summed E-state index contributed by atoms with van der Waals surface area (Å²) in [5, 5.41) is 9.21. The molecule has 0 aliphatic rings. The molecular weight excluding hydrogens is 296 g/mol. The minimum Gasteiger partial charge on any atom is -0.508 e. The van der Waals surface area contributed by atoms with Crippen molar-refractivity contribution in [3.8, 4) is 11.5 Å². The van der Waals surface area contributed by atoms with Gasteiger partial charge in [-0.3, -0.25) is 4.79 Å². The summed E-state index contributed by atoms with van der Waals surface area (Å²) in [6, 6.07) is 11.4. The van der Waals surface area contributed by atoms with Gasteiger partial charge in [-0.25, -0.2) is 0 Å². The summed E-state index contributed by atoms with van der Waals surface area (Å²) in [5.41, 5.74) is 0.988. The SMILES string of the molecule is COc1ccc(Br)cc1C(=O)c1ccc(O)cc1. The van der Waals surface area contributed by atoms with Gasteiger partial charge in [-0.15, -0.1) is 0 Å². The first kappa shape index (κ1) is 12.6. The molecule has 0 fully saturated rings. The molecule has 4 heteroatoms. The van der Waals surface area contributed by atoms with E-state index in [2.05, 4.69) is 15.9 Å². The molecule has 0 spiro atoms. The smallest absolute Gasteiger partial charge is 0.196 e. The van der Waals surface area contributed by atoms with Crippen molar-refractivity contribution in [1.82, 2.24) is 0 Å². The number of ether oxygens (including phenoxy) is 1. The Kier molecular flexibility index (Phi) is 3.67. The Labute approximate surface area is 113 Å². The molecule has 3 nitrogen and oxygen atoms in total. The minimum absolute atomic E-state index is 0.132. The van der Waals surface area contributed by atoms with Crippen LogP contribution < -0.4 is 4.74 Å². The molecule has 2 aromatic rings. The molecule has 0 radical (unpaired) electrons. The number of aromatic hydroxyl groups is 1.